The molecule has 0 bridgehead atoms. The zero-order valence-corrected chi connectivity index (χ0v) is 20.5. The lowest BCUT2D eigenvalue weighted by Crippen LogP contribution is -2.39. The van der Waals surface area contributed by atoms with Gasteiger partial charge in [-0.05, 0) is 87.4 Å². The average molecular weight is 480 g/mol. The summed E-state index contributed by atoms with van der Waals surface area (Å²) in [5, 5.41) is 3.98. The Balaban J connectivity index is 1.76. The van der Waals surface area contributed by atoms with E-state index in [9.17, 15) is 13.2 Å². The number of benzene rings is 3. The van der Waals surface area contributed by atoms with Crippen molar-refractivity contribution in [1.29, 1.82) is 0 Å². The first-order valence-electron chi connectivity index (χ1n) is 10.9. The van der Waals surface area contributed by atoms with Crippen LogP contribution in [0.15, 0.2) is 82.8 Å². The molecular formula is C26H29N3O4S. The van der Waals surface area contributed by atoms with Crippen molar-refractivity contribution in [2.45, 2.75) is 38.7 Å². The van der Waals surface area contributed by atoms with Gasteiger partial charge in [-0.1, -0.05) is 29.8 Å². The molecule has 0 saturated carbocycles. The van der Waals surface area contributed by atoms with Gasteiger partial charge >= 0.3 is 0 Å². The number of carbonyl (C=O) groups is 1. The molecule has 0 aliphatic heterocycles. The number of carbonyl (C=O) groups excluding carboxylic acids is 1. The molecule has 0 fully saturated rings. The smallest absolute Gasteiger partial charge is 0.264 e. The number of amides is 1. The maximum atomic E-state index is 13.4. The number of ether oxygens (including phenoxy) is 1. The summed E-state index contributed by atoms with van der Waals surface area (Å²) >= 11 is 0. The van der Waals surface area contributed by atoms with E-state index in [4.69, 9.17) is 4.74 Å². The van der Waals surface area contributed by atoms with E-state index >= 15 is 0 Å². The van der Waals surface area contributed by atoms with Crippen LogP contribution in [-0.4, -0.2) is 33.2 Å². The topological polar surface area (TPSA) is 88.1 Å². The van der Waals surface area contributed by atoms with E-state index in [2.05, 4.69) is 10.5 Å². The average Bonchev–Trinajstić information content (AvgIpc) is 2.78. The summed E-state index contributed by atoms with van der Waals surface area (Å²) < 4.78 is 33.5. The fourth-order valence-corrected chi connectivity index (χ4v) is 4.60. The van der Waals surface area contributed by atoms with Crippen molar-refractivity contribution in [1.82, 2.24) is 5.43 Å². The minimum Gasteiger partial charge on any atom is -0.491 e. The quantitative estimate of drug-likeness (QED) is 0.363. The number of rotatable bonds is 9. The second kappa shape index (κ2) is 11.0. The molecule has 3 aromatic rings. The van der Waals surface area contributed by atoms with Crippen molar-refractivity contribution < 1.29 is 17.9 Å². The molecule has 0 saturated heterocycles. The Morgan fingerprint density at radius 2 is 1.68 bits per heavy atom. The first-order chi connectivity index (χ1) is 16.1. The highest BCUT2D eigenvalue weighted by Crippen LogP contribution is 2.24. The summed E-state index contributed by atoms with van der Waals surface area (Å²) in [7, 11) is -3.97. The third kappa shape index (κ3) is 6.68. The molecule has 0 aliphatic rings. The molecule has 3 aromatic carbocycles. The molecule has 0 radical (unpaired) electrons. The Hall–Kier alpha value is -3.65. The number of hydrogen-bond donors (Lipinski definition) is 1. The maximum Gasteiger partial charge on any atom is 0.264 e. The van der Waals surface area contributed by atoms with E-state index in [-0.39, 0.29) is 11.0 Å². The predicted molar refractivity (Wildman–Crippen MR) is 135 cm³/mol. The van der Waals surface area contributed by atoms with Crippen LogP contribution in [0.3, 0.4) is 0 Å². The van der Waals surface area contributed by atoms with Crippen LogP contribution in [0.1, 0.15) is 30.5 Å². The molecule has 0 spiro atoms. The highest BCUT2D eigenvalue weighted by Gasteiger charge is 2.27. The summed E-state index contributed by atoms with van der Waals surface area (Å²) in [6.07, 6.45) is 1.56. The summed E-state index contributed by atoms with van der Waals surface area (Å²) in [5.74, 6) is 0.180. The van der Waals surface area contributed by atoms with E-state index in [1.54, 1.807) is 30.3 Å². The van der Waals surface area contributed by atoms with E-state index in [0.717, 1.165) is 26.7 Å². The fraction of sp³-hybridized carbons (Fsp3) is 0.231. The summed E-state index contributed by atoms with van der Waals surface area (Å²) in [6.45, 7) is 7.22. The van der Waals surface area contributed by atoms with Crippen LogP contribution >= 0.6 is 0 Å². The van der Waals surface area contributed by atoms with Crippen LogP contribution < -0.4 is 14.5 Å². The monoisotopic (exact) mass is 479 g/mol. The molecule has 1 amide bonds. The van der Waals surface area contributed by atoms with Crippen LogP contribution in [0.2, 0.25) is 0 Å². The van der Waals surface area contributed by atoms with Gasteiger partial charge in [0.05, 0.1) is 22.9 Å². The minimum atomic E-state index is -3.97. The van der Waals surface area contributed by atoms with Crippen LogP contribution in [0.25, 0.3) is 0 Å². The number of nitrogens with one attached hydrogen (secondary N) is 1. The van der Waals surface area contributed by atoms with Crippen molar-refractivity contribution in [2.24, 2.45) is 5.10 Å². The lowest BCUT2D eigenvalue weighted by atomic mass is 10.2. The SMILES string of the molecule is Cc1ccc(S(=O)(=O)N(CC(=O)N/N=C\c2ccc(OC(C)C)cc2)c2cccc(C)c2)cc1. The van der Waals surface area contributed by atoms with Gasteiger partial charge in [-0.15, -0.1) is 0 Å². The van der Waals surface area contributed by atoms with E-state index in [0.29, 0.717) is 5.69 Å². The minimum absolute atomic E-state index is 0.0753. The number of aryl methyl sites for hydroxylation is 2. The van der Waals surface area contributed by atoms with Gasteiger partial charge in [0.2, 0.25) is 0 Å². The molecule has 8 heteroatoms. The Labute approximate surface area is 201 Å². The molecule has 0 aliphatic carbocycles. The first-order valence-corrected chi connectivity index (χ1v) is 12.3. The van der Waals surface area contributed by atoms with Gasteiger partial charge < -0.3 is 4.74 Å². The number of anilines is 1. The van der Waals surface area contributed by atoms with E-state index in [1.807, 2.05) is 58.0 Å². The van der Waals surface area contributed by atoms with Crippen LogP contribution in [-0.2, 0) is 14.8 Å². The van der Waals surface area contributed by atoms with Crippen LogP contribution in [0.5, 0.6) is 5.75 Å². The molecule has 0 heterocycles. The van der Waals surface area contributed by atoms with Gasteiger partial charge in [0.1, 0.15) is 12.3 Å². The standard InChI is InChI=1S/C26H29N3O4S/c1-19(2)33-24-12-10-22(11-13-24)17-27-28-26(30)18-29(23-7-5-6-21(4)16-23)34(31,32)25-14-8-20(3)9-15-25/h5-17,19H,18H2,1-4H3,(H,28,30)/b27-17-. The summed E-state index contributed by atoms with van der Waals surface area (Å²) in [4.78, 5) is 12.8. The first kappa shape index (κ1) is 25.0. The summed E-state index contributed by atoms with van der Waals surface area (Å²) in [6, 6.07) is 20.8. The van der Waals surface area contributed by atoms with Crippen molar-refractivity contribution in [2.75, 3.05) is 10.8 Å². The zero-order valence-electron chi connectivity index (χ0n) is 19.7. The third-order valence-electron chi connectivity index (χ3n) is 4.84. The molecule has 34 heavy (non-hydrogen) atoms. The molecule has 7 nitrogen and oxygen atoms in total. The van der Waals surface area contributed by atoms with Gasteiger partial charge in [0.25, 0.3) is 15.9 Å². The third-order valence-corrected chi connectivity index (χ3v) is 6.63. The molecule has 0 atom stereocenters. The van der Waals surface area contributed by atoms with Gasteiger partial charge in [-0.2, -0.15) is 5.10 Å². The van der Waals surface area contributed by atoms with Gasteiger partial charge in [0, 0.05) is 0 Å². The maximum absolute atomic E-state index is 13.4. The molecule has 1 N–H and O–H groups in total. The summed E-state index contributed by atoms with van der Waals surface area (Å²) in [5.41, 5.74) is 5.41. The molecule has 0 aromatic heterocycles. The van der Waals surface area contributed by atoms with E-state index in [1.165, 1.54) is 18.3 Å². The second-order valence-electron chi connectivity index (χ2n) is 8.19. The number of hydrazone groups is 1. The Morgan fingerprint density at radius 1 is 1.00 bits per heavy atom. The van der Waals surface area contributed by atoms with Crippen molar-refractivity contribution in [3.63, 3.8) is 0 Å². The molecular weight excluding hydrogens is 450 g/mol. The predicted octanol–water partition coefficient (Wildman–Crippen LogP) is 4.44. The van der Waals surface area contributed by atoms with E-state index < -0.39 is 22.5 Å². The van der Waals surface area contributed by atoms with Crippen LogP contribution in [0, 0.1) is 13.8 Å². The van der Waals surface area contributed by atoms with Crippen molar-refractivity contribution >= 4 is 27.8 Å². The number of sulfonamides is 1. The Morgan fingerprint density at radius 3 is 2.29 bits per heavy atom. The second-order valence-corrected chi connectivity index (χ2v) is 10.1. The van der Waals surface area contributed by atoms with Crippen molar-refractivity contribution in [3.05, 3.63) is 89.5 Å². The molecule has 3 rings (SSSR count). The lowest BCUT2D eigenvalue weighted by Gasteiger charge is -2.24. The van der Waals surface area contributed by atoms with Gasteiger partial charge in [-0.3, -0.25) is 9.10 Å². The fourth-order valence-electron chi connectivity index (χ4n) is 3.18. The molecule has 178 valence electrons. The van der Waals surface area contributed by atoms with Gasteiger partial charge in [-0.25, -0.2) is 13.8 Å². The number of nitrogens with zero attached hydrogens (tertiary/aromatic N) is 2. The normalized spacial score (nSPS) is 11.6. The Bertz CT molecular complexity index is 1250. The Kier molecular flexibility index (Phi) is 8.07. The van der Waals surface area contributed by atoms with Gasteiger partial charge in [0.15, 0.2) is 0 Å². The highest BCUT2D eigenvalue weighted by atomic mass is 32.2. The molecule has 0 unspecified atom stereocenters. The number of hydrogen-bond acceptors (Lipinski definition) is 5. The largest absolute Gasteiger partial charge is 0.491 e. The van der Waals surface area contributed by atoms with Crippen molar-refractivity contribution in [3.8, 4) is 5.75 Å². The highest BCUT2D eigenvalue weighted by molar-refractivity contribution is 7.92. The zero-order chi connectivity index (χ0) is 24.7. The van der Waals surface area contributed by atoms with Crippen LogP contribution in [0.4, 0.5) is 5.69 Å². The lowest BCUT2D eigenvalue weighted by molar-refractivity contribution is -0.119.